The second-order valence-corrected chi connectivity index (χ2v) is 6.71. The van der Waals surface area contributed by atoms with Crippen molar-refractivity contribution >= 4 is 11.5 Å². The maximum absolute atomic E-state index is 13.1. The van der Waals surface area contributed by atoms with Gasteiger partial charge in [-0.3, -0.25) is 4.40 Å². The van der Waals surface area contributed by atoms with E-state index in [9.17, 15) is 18.0 Å². The highest BCUT2D eigenvalue weighted by Gasteiger charge is 2.30. The Hall–Kier alpha value is -3.61. The largest absolute Gasteiger partial charge is 0.478 e. The Labute approximate surface area is 163 Å². The summed E-state index contributed by atoms with van der Waals surface area (Å²) in [5, 5.41) is 9.13. The predicted octanol–water partition coefficient (Wildman–Crippen LogP) is 5.69. The first kappa shape index (κ1) is 18.7. The zero-order valence-electron chi connectivity index (χ0n) is 15.2. The first-order valence-corrected chi connectivity index (χ1v) is 8.73. The van der Waals surface area contributed by atoms with Crippen LogP contribution in [0.4, 0.5) is 13.2 Å². The number of nitrogens with zero attached hydrogens (tertiary/aromatic N) is 2. The smallest absolute Gasteiger partial charge is 0.416 e. The maximum atomic E-state index is 13.1. The summed E-state index contributed by atoms with van der Waals surface area (Å²) in [5.74, 6) is -0.607. The Morgan fingerprint density at radius 2 is 1.83 bits per heavy atom. The highest BCUT2D eigenvalue weighted by atomic mass is 19.4. The lowest BCUT2D eigenvalue weighted by atomic mass is 9.99. The van der Waals surface area contributed by atoms with Gasteiger partial charge in [0, 0.05) is 11.8 Å². The minimum atomic E-state index is -4.43. The number of imidazole rings is 1. The van der Waals surface area contributed by atoms with Crippen molar-refractivity contribution in [3.05, 3.63) is 83.7 Å². The molecule has 0 radical (unpaired) electrons. The minimum Gasteiger partial charge on any atom is -0.478 e. The van der Waals surface area contributed by atoms with E-state index in [0.29, 0.717) is 11.4 Å². The van der Waals surface area contributed by atoms with Crippen molar-refractivity contribution in [1.29, 1.82) is 0 Å². The number of hydrogen-bond acceptors (Lipinski definition) is 2. The maximum Gasteiger partial charge on any atom is 0.416 e. The van der Waals surface area contributed by atoms with Crippen molar-refractivity contribution in [3.63, 3.8) is 0 Å². The molecule has 2 heterocycles. The zero-order valence-corrected chi connectivity index (χ0v) is 15.2. The summed E-state index contributed by atoms with van der Waals surface area (Å²) in [6, 6.07) is 13.6. The lowest BCUT2D eigenvalue weighted by molar-refractivity contribution is -0.137. The molecule has 0 spiro atoms. The molecule has 0 fully saturated rings. The van der Waals surface area contributed by atoms with Crippen molar-refractivity contribution in [2.75, 3.05) is 0 Å². The lowest BCUT2D eigenvalue weighted by Gasteiger charge is -2.10. The normalized spacial score (nSPS) is 11.7. The van der Waals surface area contributed by atoms with E-state index < -0.39 is 17.7 Å². The van der Waals surface area contributed by atoms with Crippen LogP contribution in [-0.4, -0.2) is 20.5 Å². The highest BCUT2D eigenvalue weighted by Crippen LogP contribution is 2.33. The van der Waals surface area contributed by atoms with Crippen LogP contribution in [0.1, 0.15) is 21.5 Å². The van der Waals surface area contributed by atoms with Crippen molar-refractivity contribution in [2.24, 2.45) is 0 Å². The van der Waals surface area contributed by atoms with Gasteiger partial charge in [0.1, 0.15) is 5.82 Å². The fraction of sp³-hybridized carbons (Fsp3) is 0.0909. The SMILES string of the molecule is Cc1cc(C(=O)O)ccc1-c1ccc2cnc(-c3cccc(C(F)(F)F)c3)n2c1. The van der Waals surface area contributed by atoms with Gasteiger partial charge in [-0.15, -0.1) is 0 Å². The summed E-state index contributed by atoms with van der Waals surface area (Å²) < 4.78 is 41.0. The Kier molecular flexibility index (Phi) is 4.38. The van der Waals surface area contributed by atoms with Gasteiger partial charge in [0.15, 0.2) is 0 Å². The summed E-state index contributed by atoms with van der Waals surface area (Å²) in [7, 11) is 0. The molecular weight excluding hydrogens is 381 g/mol. The first-order chi connectivity index (χ1) is 13.7. The molecule has 4 nitrogen and oxygen atoms in total. The van der Waals surface area contributed by atoms with Crippen LogP contribution < -0.4 is 0 Å². The highest BCUT2D eigenvalue weighted by molar-refractivity contribution is 5.89. The molecule has 0 atom stereocenters. The number of aryl methyl sites for hydroxylation is 1. The molecule has 1 N–H and O–H groups in total. The molecule has 0 saturated carbocycles. The van der Waals surface area contributed by atoms with Gasteiger partial charge in [-0.2, -0.15) is 13.2 Å². The van der Waals surface area contributed by atoms with E-state index in [1.807, 2.05) is 19.1 Å². The Bertz CT molecular complexity index is 1240. The Morgan fingerprint density at radius 1 is 1.03 bits per heavy atom. The molecular formula is C22H15F3N2O2. The van der Waals surface area contributed by atoms with Gasteiger partial charge in [-0.25, -0.2) is 9.78 Å². The fourth-order valence-corrected chi connectivity index (χ4v) is 3.32. The van der Waals surface area contributed by atoms with Gasteiger partial charge in [-0.05, 0) is 53.9 Å². The molecule has 2 aromatic heterocycles. The molecule has 0 aliphatic carbocycles. The Morgan fingerprint density at radius 3 is 2.52 bits per heavy atom. The number of carboxylic acids is 1. The number of alkyl halides is 3. The van der Waals surface area contributed by atoms with Crippen molar-refractivity contribution in [1.82, 2.24) is 9.38 Å². The quantitative estimate of drug-likeness (QED) is 0.484. The third-order valence-corrected chi connectivity index (χ3v) is 4.76. The van der Waals surface area contributed by atoms with Gasteiger partial charge in [0.25, 0.3) is 0 Å². The molecule has 0 unspecified atom stereocenters. The number of halogens is 3. The number of carboxylic acid groups (broad SMARTS) is 1. The van der Waals surface area contributed by atoms with E-state index in [4.69, 9.17) is 5.11 Å². The van der Waals surface area contributed by atoms with E-state index in [1.165, 1.54) is 12.1 Å². The van der Waals surface area contributed by atoms with E-state index >= 15 is 0 Å². The molecule has 0 aliphatic heterocycles. The molecule has 29 heavy (non-hydrogen) atoms. The lowest BCUT2D eigenvalue weighted by Crippen LogP contribution is -2.04. The van der Waals surface area contributed by atoms with E-state index in [2.05, 4.69) is 4.98 Å². The van der Waals surface area contributed by atoms with Crippen molar-refractivity contribution in [3.8, 4) is 22.5 Å². The van der Waals surface area contributed by atoms with Crippen molar-refractivity contribution < 1.29 is 23.1 Å². The van der Waals surface area contributed by atoms with E-state index in [-0.39, 0.29) is 5.56 Å². The van der Waals surface area contributed by atoms with E-state index in [1.54, 1.807) is 35.0 Å². The van der Waals surface area contributed by atoms with Crippen LogP contribution in [0.3, 0.4) is 0 Å². The van der Waals surface area contributed by atoms with Gasteiger partial charge < -0.3 is 5.11 Å². The van der Waals surface area contributed by atoms with Crippen LogP contribution in [0.5, 0.6) is 0 Å². The van der Waals surface area contributed by atoms with E-state index in [0.717, 1.165) is 34.3 Å². The third-order valence-electron chi connectivity index (χ3n) is 4.76. The number of aromatic carboxylic acids is 1. The van der Waals surface area contributed by atoms with Crippen LogP contribution in [0.15, 0.2) is 67.0 Å². The standard InChI is InChI=1S/C22H15F3N2O2/c1-13-9-15(21(28)29)6-8-19(13)16-5-7-18-11-26-20(27(18)12-16)14-3-2-4-17(10-14)22(23,24)25/h2-12H,1H3,(H,28,29). The number of aromatic nitrogens is 2. The summed E-state index contributed by atoms with van der Waals surface area (Å²) in [5.41, 5.74) is 2.97. The van der Waals surface area contributed by atoms with Crippen molar-refractivity contribution in [2.45, 2.75) is 13.1 Å². The third kappa shape index (κ3) is 3.47. The second kappa shape index (κ2) is 6.77. The average molecular weight is 396 g/mol. The summed E-state index contributed by atoms with van der Waals surface area (Å²) in [4.78, 5) is 15.4. The number of carbonyl (C=O) groups is 1. The fourth-order valence-electron chi connectivity index (χ4n) is 3.32. The monoisotopic (exact) mass is 396 g/mol. The molecule has 0 aliphatic rings. The molecule has 4 rings (SSSR count). The number of rotatable bonds is 3. The number of pyridine rings is 1. The Balaban J connectivity index is 1.83. The van der Waals surface area contributed by atoms with Gasteiger partial charge >= 0.3 is 12.1 Å². The molecule has 7 heteroatoms. The topological polar surface area (TPSA) is 54.6 Å². The van der Waals surface area contributed by atoms with Crippen LogP contribution in [-0.2, 0) is 6.18 Å². The summed E-state index contributed by atoms with van der Waals surface area (Å²) in [6.45, 7) is 1.81. The average Bonchev–Trinajstić information content (AvgIpc) is 3.10. The molecule has 0 amide bonds. The predicted molar refractivity (Wildman–Crippen MR) is 103 cm³/mol. The molecule has 2 aromatic carbocycles. The van der Waals surface area contributed by atoms with Crippen LogP contribution in [0, 0.1) is 6.92 Å². The van der Waals surface area contributed by atoms with Gasteiger partial charge in [-0.1, -0.05) is 24.3 Å². The molecule has 4 aromatic rings. The molecule has 146 valence electrons. The van der Waals surface area contributed by atoms with Gasteiger partial charge in [0.2, 0.25) is 0 Å². The summed E-state index contributed by atoms with van der Waals surface area (Å²) in [6.07, 6.45) is -1.04. The molecule has 0 saturated heterocycles. The number of benzene rings is 2. The molecule has 0 bridgehead atoms. The number of hydrogen-bond donors (Lipinski definition) is 1. The number of fused-ring (bicyclic) bond motifs is 1. The summed E-state index contributed by atoms with van der Waals surface area (Å²) >= 11 is 0. The van der Waals surface area contributed by atoms with Crippen LogP contribution in [0.25, 0.3) is 28.0 Å². The van der Waals surface area contributed by atoms with Crippen LogP contribution in [0.2, 0.25) is 0 Å². The minimum absolute atomic E-state index is 0.194. The second-order valence-electron chi connectivity index (χ2n) is 6.71. The first-order valence-electron chi connectivity index (χ1n) is 8.73. The van der Waals surface area contributed by atoms with Gasteiger partial charge in [0.05, 0.1) is 22.8 Å². The van der Waals surface area contributed by atoms with Crippen LogP contribution >= 0.6 is 0 Å². The zero-order chi connectivity index (χ0) is 20.8.